The van der Waals surface area contributed by atoms with Crippen LogP contribution in [0.3, 0.4) is 0 Å². The summed E-state index contributed by atoms with van der Waals surface area (Å²) in [6, 6.07) is 5.52. The minimum Gasteiger partial charge on any atom is -0.478 e. The number of hydrogen-bond donors (Lipinski definition) is 1. The third kappa shape index (κ3) is 2.62. The van der Waals surface area contributed by atoms with Gasteiger partial charge in [0.15, 0.2) is 0 Å². The van der Waals surface area contributed by atoms with Crippen molar-refractivity contribution in [3.05, 3.63) is 23.8 Å². The van der Waals surface area contributed by atoms with Crippen molar-refractivity contribution in [3.63, 3.8) is 0 Å². The quantitative estimate of drug-likeness (QED) is 0.880. The molecular weight excluding hydrogens is 270 g/mol. The molecule has 1 unspecified atom stereocenters. The van der Waals surface area contributed by atoms with Gasteiger partial charge in [-0.25, -0.2) is 9.48 Å². The minimum atomic E-state index is -0.970. The number of aromatic nitrogens is 3. The number of piperazine rings is 1. The Bertz CT molecular complexity index is 668. The Balaban J connectivity index is 1.91. The lowest BCUT2D eigenvalue weighted by atomic mass is 10.1. The monoisotopic (exact) mass is 289 g/mol. The maximum Gasteiger partial charge on any atom is 0.338 e. The van der Waals surface area contributed by atoms with E-state index >= 15 is 0 Å². The standard InChI is InChI=1S/C14H19N5O2/c1-17-6-7-18(2)10(8-17)9-19-12-5-3-4-11(14(20)21)13(12)15-16-19/h3-5,10H,6-9H2,1-2H3,(H,20,21). The summed E-state index contributed by atoms with van der Waals surface area (Å²) < 4.78 is 1.81. The fourth-order valence-electron chi connectivity index (χ4n) is 2.80. The zero-order valence-corrected chi connectivity index (χ0v) is 12.2. The molecular formula is C14H19N5O2. The summed E-state index contributed by atoms with van der Waals surface area (Å²) in [6.07, 6.45) is 0. The second-order valence-corrected chi connectivity index (χ2v) is 5.65. The van der Waals surface area contributed by atoms with Gasteiger partial charge in [-0.05, 0) is 26.2 Å². The first-order valence-electron chi connectivity index (χ1n) is 7.00. The third-order valence-electron chi connectivity index (χ3n) is 4.14. The van der Waals surface area contributed by atoms with Gasteiger partial charge in [0.25, 0.3) is 0 Å². The molecule has 0 amide bonds. The van der Waals surface area contributed by atoms with E-state index in [4.69, 9.17) is 0 Å². The van der Waals surface area contributed by atoms with Crippen molar-refractivity contribution in [2.45, 2.75) is 12.6 Å². The fourth-order valence-corrected chi connectivity index (χ4v) is 2.80. The maximum absolute atomic E-state index is 11.2. The van der Waals surface area contributed by atoms with Gasteiger partial charge in [-0.2, -0.15) is 0 Å². The van der Waals surface area contributed by atoms with Crippen LogP contribution in [0.1, 0.15) is 10.4 Å². The van der Waals surface area contributed by atoms with Crippen molar-refractivity contribution in [1.29, 1.82) is 0 Å². The van der Waals surface area contributed by atoms with E-state index in [1.54, 1.807) is 12.1 Å². The second-order valence-electron chi connectivity index (χ2n) is 5.65. The number of carboxylic acid groups (broad SMARTS) is 1. The lowest BCUT2D eigenvalue weighted by molar-refractivity contribution is 0.0699. The summed E-state index contributed by atoms with van der Waals surface area (Å²) in [6.45, 7) is 3.76. The van der Waals surface area contributed by atoms with E-state index in [1.807, 2.05) is 10.7 Å². The van der Waals surface area contributed by atoms with Gasteiger partial charge in [-0.15, -0.1) is 5.10 Å². The molecule has 0 bridgehead atoms. The number of carboxylic acids is 1. The smallest absolute Gasteiger partial charge is 0.338 e. The van der Waals surface area contributed by atoms with E-state index in [9.17, 15) is 9.90 Å². The largest absolute Gasteiger partial charge is 0.478 e. The van der Waals surface area contributed by atoms with E-state index in [1.165, 1.54) is 0 Å². The fraction of sp³-hybridized carbons (Fsp3) is 0.500. The first kappa shape index (κ1) is 14.0. The van der Waals surface area contributed by atoms with Crippen LogP contribution in [0, 0.1) is 0 Å². The zero-order chi connectivity index (χ0) is 15.0. The molecule has 21 heavy (non-hydrogen) atoms. The van der Waals surface area contributed by atoms with Gasteiger partial charge < -0.3 is 10.0 Å². The first-order valence-corrected chi connectivity index (χ1v) is 7.00. The van der Waals surface area contributed by atoms with Gasteiger partial charge in [-0.3, -0.25) is 4.90 Å². The number of rotatable bonds is 3. The number of fused-ring (bicyclic) bond motifs is 1. The Morgan fingerprint density at radius 1 is 1.38 bits per heavy atom. The van der Waals surface area contributed by atoms with Gasteiger partial charge in [0.1, 0.15) is 5.52 Å². The van der Waals surface area contributed by atoms with E-state index in [-0.39, 0.29) is 5.56 Å². The van der Waals surface area contributed by atoms with Gasteiger partial charge in [0, 0.05) is 25.7 Å². The van der Waals surface area contributed by atoms with Crippen LogP contribution in [-0.4, -0.2) is 75.6 Å². The summed E-state index contributed by atoms with van der Waals surface area (Å²) >= 11 is 0. The second kappa shape index (κ2) is 5.42. The number of likely N-dealkylation sites (N-methyl/N-ethyl adjacent to an activating group) is 2. The van der Waals surface area contributed by atoms with Crippen molar-refractivity contribution >= 4 is 17.0 Å². The van der Waals surface area contributed by atoms with Crippen molar-refractivity contribution < 1.29 is 9.90 Å². The zero-order valence-electron chi connectivity index (χ0n) is 12.2. The summed E-state index contributed by atoms with van der Waals surface area (Å²) in [5.41, 5.74) is 1.43. The highest BCUT2D eigenvalue weighted by Crippen LogP contribution is 2.17. The average molecular weight is 289 g/mol. The van der Waals surface area contributed by atoms with Crippen LogP contribution in [0.5, 0.6) is 0 Å². The number of nitrogens with zero attached hydrogens (tertiary/aromatic N) is 5. The summed E-state index contributed by atoms with van der Waals surface area (Å²) in [4.78, 5) is 15.8. The molecule has 1 saturated heterocycles. The molecule has 1 atom stereocenters. The van der Waals surface area contributed by atoms with Crippen LogP contribution in [0.2, 0.25) is 0 Å². The summed E-state index contributed by atoms with van der Waals surface area (Å²) in [5.74, 6) is -0.970. The molecule has 0 saturated carbocycles. The van der Waals surface area contributed by atoms with Crippen LogP contribution in [-0.2, 0) is 6.54 Å². The molecule has 1 N–H and O–H groups in total. The molecule has 1 aliphatic rings. The number of hydrogen-bond acceptors (Lipinski definition) is 5. The van der Waals surface area contributed by atoms with E-state index in [2.05, 4.69) is 34.2 Å². The molecule has 112 valence electrons. The van der Waals surface area contributed by atoms with Crippen molar-refractivity contribution in [3.8, 4) is 0 Å². The molecule has 2 heterocycles. The van der Waals surface area contributed by atoms with E-state index in [0.29, 0.717) is 18.1 Å². The molecule has 2 aromatic rings. The minimum absolute atomic E-state index is 0.202. The highest BCUT2D eigenvalue weighted by molar-refractivity contribution is 6.00. The molecule has 3 rings (SSSR count). The van der Waals surface area contributed by atoms with Gasteiger partial charge in [0.2, 0.25) is 0 Å². The topological polar surface area (TPSA) is 74.5 Å². The molecule has 1 aromatic carbocycles. The maximum atomic E-state index is 11.2. The van der Waals surface area contributed by atoms with E-state index in [0.717, 1.165) is 25.2 Å². The van der Waals surface area contributed by atoms with Gasteiger partial charge in [0.05, 0.1) is 17.6 Å². The van der Waals surface area contributed by atoms with Crippen LogP contribution < -0.4 is 0 Å². The Morgan fingerprint density at radius 2 is 2.19 bits per heavy atom. The molecule has 0 spiro atoms. The van der Waals surface area contributed by atoms with Crippen LogP contribution in [0.4, 0.5) is 0 Å². The number of carbonyl (C=O) groups is 1. The summed E-state index contributed by atoms with van der Waals surface area (Å²) in [7, 11) is 4.22. The number of benzene rings is 1. The lowest BCUT2D eigenvalue weighted by Crippen LogP contribution is -2.51. The predicted octanol–water partition coefficient (Wildman–Crippen LogP) is 0.375. The van der Waals surface area contributed by atoms with Crippen LogP contribution in [0.25, 0.3) is 11.0 Å². The molecule has 1 aromatic heterocycles. The van der Waals surface area contributed by atoms with Crippen molar-refractivity contribution in [2.75, 3.05) is 33.7 Å². The average Bonchev–Trinajstić information content (AvgIpc) is 2.86. The Labute approximate surface area is 122 Å². The van der Waals surface area contributed by atoms with Crippen molar-refractivity contribution in [1.82, 2.24) is 24.8 Å². The van der Waals surface area contributed by atoms with Crippen LogP contribution in [0.15, 0.2) is 18.2 Å². The molecule has 0 radical (unpaired) electrons. The lowest BCUT2D eigenvalue weighted by Gasteiger charge is -2.37. The predicted molar refractivity (Wildman–Crippen MR) is 78.4 cm³/mol. The highest BCUT2D eigenvalue weighted by atomic mass is 16.4. The molecule has 7 nitrogen and oxygen atoms in total. The molecule has 1 fully saturated rings. The van der Waals surface area contributed by atoms with Crippen LogP contribution >= 0.6 is 0 Å². The number of aromatic carboxylic acids is 1. The Morgan fingerprint density at radius 3 is 2.95 bits per heavy atom. The normalized spacial score (nSPS) is 21.0. The first-order chi connectivity index (χ1) is 10.1. The SMILES string of the molecule is CN1CCN(C)C(Cn2nnc3c(C(=O)O)cccc32)C1. The Hall–Kier alpha value is -1.99. The Kier molecular flexibility index (Phi) is 3.60. The van der Waals surface area contributed by atoms with Gasteiger partial charge in [-0.1, -0.05) is 11.3 Å². The van der Waals surface area contributed by atoms with Crippen molar-refractivity contribution in [2.24, 2.45) is 0 Å². The molecule has 1 aliphatic heterocycles. The molecule has 7 heteroatoms. The highest BCUT2D eigenvalue weighted by Gasteiger charge is 2.24. The van der Waals surface area contributed by atoms with Gasteiger partial charge >= 0.3 is 5.97 Å². The van der Waals surface area contributed by atoms with E-state index < -0.39 is 5.97 Å². The molecule has 0 aliphatic carbocycles. The third-order valence-corrected chi connectivity index (χ3v) is 4.14. The summed E-state index contributed by atoms with van der Waals surface area (Å²) in [5, 5.41) is 17.4.